The average molecular weight is 304 g/mol. The van der Waals surface area contributed by atoms with Crippen LogP contribution in [0, 0.1) is 5.82 Å². The highest BCUT2D eigenvalue weighted by atomic mass is 32.2. The minimum Gasteiger partial charge on any atom is -0.207 e. The van der Waals surface area contributed by atoms with E-state index in [9.17, 15) is 4.39 Å². The Morgan fingerprint density at radius 3 is 2.35 bits per heavy atom. The fourth-order valence-electron chi connectivity index (χ4n) is 1.90. The van der Waals surface area contributed by atoms with E-state index >= 15 is 0 Å². The summed E-state index contributed by atoms with van der Waals surface area (Å²) < 4.78 is 13.8. The Morgan fingerprint density at radius 2 is 1.65 bits per heavy atom. The normalized spacial score (nSPS) is 10.4. The van der Waals surface area contributed by atoms with Crippen molar-refractivity contribution in [3.05, 3.63) is 71.5 Å². The smallest absolute Gasteiger partial charge is 0.123 e. The summed E-state index contributed by atoms with van der Waals surface area (Å²) in [5.74, 6) is 0.633. The van der Waals surface area contributed by atoms with Crippen LogP contribution < -0.4 is 0 Å². The molecule has 2 aromatic carbocycles. The number of benzene rings is 2. The second-order valence-corrected chi connectivity index (χ2v) is 6.45. The van der Waals surface area contributed by atoms with Crippen LogP contribution in [0.25, 0.3) is 0 Å². The number of aryl methyl sites for hydroxylation is 1. The topological polar surface area (TPSA) is 0 Å². The van der Waals surface area contributed by atoms with Gasteiger partial charge in [-0.05, 0) is 42.5 Å². The van der Waals surface area contributed by atoms with Gasteiger partial charge in [0.05, 0.1) is 0 Å². The fraction of sp³-hybridized carbons (Fsp3) is 0.235. The molecule has 0 fully saturated rings. The average Bonchev–Trinajstić information content (AvgIpc) is 2.48. The van der Waals surface area contributed by atoms with Crippen LogP contribution in [0.3, 0.4) is 0 Å². The van der Waals surface area contributed by atoms with Crippen molar-refractivity contribution in [1.29, 1.82) is 0 Å². The summed E-state index contributed by atoms with van der Waals surface area (Å²) in [5, 5.41) is 0. The summed E-state index contributed by atoms with van der Waals surface area (Å²) in [4.78, 5) is 0. The highest BCUT2D eigenvalue weighted by Crippen LogP contribution is 2.18. The van der Waals surface area contributed by atoms with Crippen LogP contribution in [-0.4, -0.2) is 4.20 Å². The van der Waals surface area contributed by atoms with Gasteiger partial charge in [0.2, 0.25) is 0 Å². The lowest BCUT2D eigenvalue weighted by Crippen LogP contribution is -1.93. The molecule has 0 spiro atoms. The van der Waals surface area contributed by atoms with Crippen LogP contribution >= 0.6 is 24.0 Å². The van der Waals surface area contributed by atoms with E-state index in [1.54, 1.807) is 11.8 Å². The molecule has 20 heavy (non-hydrogen) atoms. The standard InChI is InChI=1S/C17H17FS2/c18-16-11-9-15(10-12-16)13-20-17(19)8-4-7-14-5-2-1-3-6-14/h1-3,5-6,9-12H,4,7-8,13H2. The summed E-state index contributed by atoms with van der Waals surface area (Å²) in [6, 6.07) is 17.1. The van der Waals surface area contributed by atoms with E-state index in [1.165, 1.54) is 17.7 Å². The minimum atomic E-state index is -0.191. The van der Waals surface area contributed by atoms with Crippen molar-refractivity contribution in [2.75, 3.05) is 0 Å². The maximum atomic E-state index is 12.8. The summed E-state index contributed by atoms with van der Waals surface area (Å²) in [5.41, 5.74) is 2.47. The highest BCUT2D eigenvalue weighted by Gasteiger charge is 2.01. The van der Waals surface area contributed by atoms with Gasteiger partial charge in [-0.2, -0.15) is 0 Å². The van der Waals surface area contributed by atoms with E-state index in [1.807, 2.05) is 18.2 Å². The van der Waals surface area contributed by atoms with Gasteiger partial charge in [-0.1, -0.05) is 54.7 Å². The monoisotopic (exact) mass is 304 g/mol. The molecule has 2 aromatic rings. The zero-order valence-corrected chi connectivity index (χ0v) is 12.9. The SMILES string of the molecule is Fc1ccc(CSC(=S)CCCc2ccccc2)cc1. The van der Waals surface area contributed by atoms with Gasteiger partial charge in [-0.15, -0.1) is 11.8 Å². The molecule has 2 rings (SSSR count). The molecular weight excluding hydrogens is 287 g/mol. The Balaban J connectivity index is 1.67. The summed E-state index contributed by atoms with van der Waals surface area (Å²) >= 11 is 7.06. The molecule has 0 unspecified atom stereocenters. The lowest BCUT2D eigenvalue weighted by atomic mass is 10.1. The molecule has 104 valence electrons. The van der Waals surface area contributed by atoms with Gasteiger partial charge in [0.25, 0.3) is 0 Å². The van der Waals surface area contributed by atoms with Crippen molar-refractivity contribution in [3.8, 4) is 0 Å². The molecule has 0 bridgehead atoms. The van der Waals surface area contributed by atoms with E-state index in [-0.39, 0.29) is 5.82 Å². The molecule has 0 nitrogen and oxygen atoms in total. The molecule has 0 aromatic heterocycles. The van der Waals surface area contributed by atoms with E-state index in [0.717, 1.165) is 34.8 Å². The van der Waals surface area contributed by atoms with Crippen molar-refractivity contribution in [1.82, 2.24) is 0 Å². The first-order valence-electron chi connectivity index (χ1n) is 6.68. The largest absolute Gasteiger partial charge is 0.207 e. The van der Waals surface area contributed by atoms with E-state index in [0.29, 0.717) is 0 Å². The molecule has 0 saturated carbocycles. The van der Waals surface area contributed by atoms with Gasteiger partial charge in [0, 0.05) is 9.95 Å². The Labute approximate surface area is 129 Å². The first-order chi connectivity index (χ1) is 9.74. The van der Waals surface area contributed by atoms with Gasteiger partial charge in [-0.3, -0.25) is 0 Å². The van der Waals surface area contributed by atoms with Crippen LogP contribution in [0.15, 0.2) is 54.6 Å². The summed E-state index contributed by atoms with van der Waals surface area (Å²) in [6.07, 6.45) is 3.10. The number of rotatable bonds is 6. The van der Waals surface area contributed by atoms with Crippen LogP contribution in [0.1, 0.15) is 24.0 Å². The number of hydrogen-bond acceptors (Lipinski definition) is 2. The molecule has 0 aliphatic rings. The lowest BCUT2D eigenvalue weighted by molar-refractivity contribution is 0.627. The van der Waals surface area contributed by atoms with Crippen LogP contribution in [0.5, 0.6) is 0 Å². The molecule has 0 aliphatic heterocycles. The fourth-order valence-corrected chi connectivity index (χ4v) is 3.03. The molecule has 0 heterocycles. The van der Waals surface area contributed by atoms with Crippen molar-refractivity contribution in [2.45, 2.75) is 25.0 Å². The Hall–Kier alpha value is -1.19. The second kappa shape index (κ2) is 8.18. The third-order valence-corrected chi connectivity index (χ3v) is 4.56. The van der Waals surface area contributed by atoms with E-state index < -0.39 is 0 Å². The van der Waals surface area contributed by atoms with Crippen molar-refractivity contribution < 1.29 is 4.39 Å². The van der Waals surface area contributed by atoms with Crippen molar-refractivity contribution in [2.24, 2.45) is 0 Å². The molecule has 0 N–H and O–H groups in total. The number of hydrogen-bond donors (Lipinski definition) is 0. The van der Waals surface area contributed by atoms with Crippen LogP contribution in [-0.2, 0) is 12.2 Å². The molecule has 0 saturated heterocycles. The maximum absolute atomic E-state index is 12.8. The van der Waals surface area contributed by atoms with Crippen molar-refractivity contribution in [3.63, 3.8) is 0 Å². The van der Waals surface area contributed by atoms with Gasteiger partial charge < -0.3 is 0 Å². The zero-order chi connectivity index (χ0) is 14.2. The van der Waals surface area contributed by atoms with E-state index in [2.05, 4.69) is 24.3 Å². The Kier molecular flexibility index (Phi) is 6.22. The van der Waals surface area contributed by atoms with Crippen LogP contribution in [0.4, 0.5) is 4.39 Å². The van der Waals surface area contributed by atoms with E-state index in [4.69, 9.17) is 12.2 Å². The molecule has 0 atom stereocenters. The molecular formula is C17H17FS2. The van der Waals surface area contributed by atoms with Gasteiger partial charge in [0.1, 0.15) is 5.82 Å². The van der Waals surface area contributed by atoms with Gasteiger partial charge in [0.15, 0.2) is 0 Å². The summed E-state index contributed by atoms with van der Waals surface area (Å²) in [7, 11) is 0. The predicted molar refractivity (Wildman–Crippen MR) is 89.7 cm³/mol. The third-order valence-electron chi connectivity index (χ3n) is 3.00. The van der Waals surface area contributed by atoms with Crippen LogP contribution in [0.2, 0.25) is 0 Å². The minimum absolute atomic E-state index is 0.191. The predicted octanol–water partition coefficient (Wildman–Crippen LogP) is 5.41. The maximum Gasteiger partial charge on any atom is 0.123 e. The zero-order valence-electron chi connectivity index (χ0n) is 11.2. The highest BCUT2D eigenvalue weighted by molar-refractivity contribution is 8.22. The summed E-state index contributed by atoms with van der Waals surface area (Å²) in [6.45, 7) is 0. The lowest BCUT2D eigenvalue weighted by Gasteiger charge is -2.04. The first-order valence-corrected chi connectivity index (χ1v) is 8.07. The Bertz CT molecular complexity index is 535. The number of halogens is 1. The first kappa shape index (κ1) is 15.2. The van der Waals surface area contributed by atoms with Gasteiger partial charge >= 0.3 is 0 Å². The molecule has 0 amide bonds. The molecule has 0 radical (unpaired) electrons. The molecule has 0 aliphatic carbocycles. The van der Waals surface area contributed by atoms with Gasteiger partial charge in [-0.25, -0.2) is 4.39 Å². The Morgan fingerprint density at radius 1 is 0.950 bits per heavy atom. The number of thiocarbonyl (C=S) groups is 1. The molecule has 3 heteroatoms. The third kappa shape index (κ3) is 5.43. The van der Waals surface area contributed by atoms with Crippen molar-refractivity contribution >= 4 is 28.2 Å². The number of thioether (sulfide) groups is 1. The second-order valence-electron chi connectivity index (χ2n) is 4.63. The quantitative estimate of drug-likeness (QED) is 0.654.